The van der Waals surface area contributed by atoms with Crippen LogP contribution in [0.2, 0.25) is 0 Å². The molecule has 0 aromatic carbocycles. The summed E-state index contributed by atoms with van der Waals surface area (Å²) in [6, 6.07) is 0. The van der Waals surface area contributed by atoms with Crippen LogP contribution in [-0.4, -0.2) is 110 Å². The maximum Gasteiger partial charge on any atom is 0.472 e. The zero-order valence-electron chi connectivity index (χ0n) is 35.5. The number of hydrogen-bond donors (Lipinski definition) is 8. The molecule has 0 saturated heterocycles. The first-order valence-electron chi connectivity index (χ1n) is 22.3. The topological polar surface area (TPSA) is 282 Å². The van der Waals surface area contributed by atoms with Crippen molar-refractivity contribution < 1.29 is 76.9 Å². The number of carbonyl (C=O) groups excluding carboxylic acids is 2. The summed E-state index contributed by atoms with van der Waals surface area (Å²) < 4.78 is 49.2. The van der Waals surface area contributed by atoms with Crippen LogP contribution in [0.3, 0.4) is 0 Å². The Kier molecular flexibility index (Phi) is 31.8. The van der Waals surface area contributed by atoms with Gasteiger partial charge in [-0.05, 0) is 25.8 Å². The van der Waals surface area contributed by atoms with Crippen molar-refractivity contribution in [2.75, 3.05) is 19.8 Å². The lowest BCUT2D eigenvalue weighted by molar-refractivity contribution is -0.216. The van der Waals surface area contributed by atoms with Crippen LogP contribution in [0, 0.1) is 0 Å². The van der Waals surface area contributed by atoms with Crippen LogP contribution >= 0.6 is 15.6 Å². The van der Waals surface area contributed by atoms with Gasteiger partial charge in [-0.2, -0.15) is 0 Å². The number of aliphatic hydroxyl groups excluding tert-OH is 4. The van der Waals surface area contributed by atoms with Crippen molar-refractivity contribution in [3.8, 4) is 0 Å². The van der Waals surface area contributed by atoms with E-state index in [1.54, 1.807) is 0 Å². The zero-order chi connectivity index (χ0) is 43.9. The normalized spacial score (nSPS) is 22.5. The third-order valence-corrected chi connectivity index (χ3v) is 12.0. The second kappa shape index (κ2) is 33.5. The van der Waals surface area contributed by atoms with Crippen molar-refractivity contribution >= 4 is 27.6 Å². The Morgan fingerprint density at radius 3 is 1.34 bits per heavy atom. The van der Waals surface area contributed by atoms with E-state index in [9.17, 15) is 44.0 Å². The SMILES string of the molecule is CCCCCCCCCCCCCCCC(=O)O[C@@H](COC(=O)CCCCCCCCCCCCCCN)COP(=O)(O)OC1C(O)[C@@H](OP(=O)(O)O)C(O)[C@@H](O)[C@H]1O. The molecule has 0 aliphatic heterocycles. The number of ether oxygens (including phenoxy) is 2. The van der Waals surface area contributed by atoms with Crippen LogP contribution in [0.25, 0.3) is 0 Å². The number of nitrogens with two attached hydrogens (primary N) is 1. The highest BCUT2D eigenvalue weighted by Gasteiger charge is 2.54. The molecule has 1 aliphatic rings. The van der Waals surface area contributed by atoms with E-state index in [4.69, 9.17) is 34.0 Å². The van der Waals surface area contributed by atoms with Crippen LogP contribution in [0.4, 0.5) is 0 Å². The molecule has 0 aromatic heterocycles. The molecular weight excluding hydrogens is 812 g/mol. The fourth-order valence-corrected chi connectivity index (χ4v) is 8.58. The Labute approximate surface area is 352 Å². The molecule has 8 atom stereocenters. The van der Waals surface area contributed by atoms with E-state index >= 15 is 0 Å². The maximum atomic E-state index is 12.9. The third-order valence-electron chi connectivity index (χ3n) is 10.5. The quantitative estimate of drug-likeness (QED) is 0.0189. The fraction of sp³-hybridized carbons (Fsp3) is 0.950. The highest BCUT2D eigenvalue weighted by atomic mass is 31.2. The molecule has 4 unspecified atom stereocenters. The summed E-state index contributed by atoms with van der Waals surface area (Å²) in [7, 11) is -10.7. The molecule has 1 saturated carbocycles. The first-order valence-corrected chi connectivity index (χ1v) is 25.3. The zero-order valence-corrected chi connectivity index (χ0v) is 37.3. The van der Waals surface area contributed by atoms with Crippen molar-refractivity contribution in [2.24, 2.45) is 5.73 Å². The molecule has 59 heavy (non-hydrogen) atoms. The van der Waals surface area contributed by atoms with Gasteiger partial charge in [0.05, 0.1) is 6.61 Å². The minimum atomic E-state index is -5.36. The van der Waals surface area contributed by atoms with Crippen LogP contribution in [0.15, 0.2) is 0 Å². The summed E-state index contributed by atoms with van der Waals surface area (Å²) in [5, 5.41) is 41.1. The number of aliphatic hydroxyl groups is 4. The average molecular weight is 892 g/mol. The number of carbonyl (C=O) groups is 2. The highest BCUT2D eigenvalue weighted by Crippen LogP contribution is 2.49. The van der Waals surface area contributed by atoms with Crippen molar-refractivity contribution in [3.63, 3.8) is 0 Å². The highest BCUT2D eigenvalue weighted by molar-refractivity contribution is 7.47. The van der Waals surface area contributed by atoms with Crippen LogP contribution in [0.5, 0.6) is 0 Å². The van der Waals surface area contributed by atoms with Gasteiger partial charge in [-0.3, -0.25) is 23.2 Å². The lowest BCUT2D eigenvalue weighted by Gasteiger charge is -2.43. The van der Waals surface area contributed by atoms with Crippen molar-refractivity contribution in [1.82, 2.24) is 0 Å². The van der Waals surface area contributed by atoms with Gasteiger partial charge in [0.25, 0.3) is 0 Å². The molecule has 0 radical (unpaired) electrons. The van der Waals surface area contributed by atoms with Crippen molar-refractivity contribution in [1.29, 1.82) is 0 Å². The number of hydrogen-bond acceptors (Lipinski definition) is 14. The molecule has 1 aliphatic carbocycles. The van der Waals surface area contributed by atoms with E-state index in [0.29, 0.717) is 12.8 Å². The van der Waals surface area contributed by atoms with Crippen LogP contribution in [-0.2, 0) is 41.8 Å². The molecule has 17 nitrogen and oxygen atoms in total. The molecule has 9 N–H and O–H groups in total. The lowest BCUT2D eigenvalue weighted by atomic mass is 9.85. The first kappa shape index (κ1) is 56.0. The summed E-state index contributed by atoms with van der Waals surface area (Å²) >= 11 is 0. The monoisotopic (exact) mass is 891 g/mol. The Bertz CT molecular complexity index is 1180. The number of unbranched alkanes of at least 4 members (excludes halogenated alkanes) is 23. The predicted molar refractivity (Wildman–Crippen MR) is 222 cm³/mol. The molecule has 0 spiro atoms. The van der Waals surface area contributed by atoms with E-state index in [1.807, 2.05) is 0 Å². The van der Waals surface area contributed by atoms with E-state index in [-0.39, 0.29) is 12.8 Å². The van der Waals surface area contributed by atoms with E-state index in [0.717, 1.165) is 64.3 Å². The molecule has 0 aromatic rings. The van der Waals surface area contributed by atoms with E-state index < -0.39 is 83.5 Å². The molecular formula is C40H79NO16P2. The standard InChI is InChI=1S/C40H79NO16P2/c1-2-3-4-5-6-7-8-9-13-16-19-22-25-28-34(43)55-32(30-53-33(42)27-24-21-18-15-12-10-11-14-17-20-23-26-29-41)31-54-59(51,52)57-40-37(46)35(44)36(45)39(38(40)47)56-58(48,49)50/h32,35-40,44-47H,2-31,41H2,1H3,(H,51,52)(H2,48,49,50)/t32-,35+,36?,37+,38?,39-,40?/m0/s1. The summed E-state index contributed by atoms with van der Waals surface area (Å²) in [5.41, 5.74) is 5.53. The molecule has 350 valence electrons. The van der Waals surface area contributed by atoms with E-state index in [1.165, 1.54) is 89.9 Å². The summed E-state index contributed by atoms with van der Waals surface area (Å²) in [4.78, 5) is 54.1. The molecule has 19 heteroatoms. The number of phosphoric ester groups is 2. The largest absolute Gasteiger partial charge is 0.472 e. The Morgan fingerprint density at radius 2 is 0.915 bits per heavy atom. The fourth-order valence-electron chi connectivity index (χ4n) is 7.04. The van der Waals surface area contributed by atoms with Gasteiger partial charge in [0.1, 0.15) is 43.2 Å². The Morgan fingerprint density at radius 1 is 0.525 bits per heavy atom. The van der Waals surface area contributed by atoms with Crippen molar-refractivity contribution in [2.45, 2.75) is 223 Å². The average Bonchev–Trinajstić information content (AvgIpc) is 3.18. The first-order chi connectivity index (χ1) is 28.1. The van der Waals surface area contributed by atoms with Gasteiger partial charge in [-0.25, -0.2) is 9.13 Å². The molecule has 1 fully saturated rings. The minimum Gasteiger partial charge on any atom is -0.462 e. The van der Waals surface area contributed by atoms with Gasteiger partial charge >= 0.3 is 27.6 Å². The van der Waals surface area contributed by atoms with E-state index in [2.05, 4.69) is 11.4 Å². The summed E-state index contributed by atoms with van der Waals surface area (Å²) in [6.45, 7) is 1.63. The molecule has 1 rings (SSSR count). The number of phosphoric acid groups is 2. The minimum absolute atomic E-state index is 0.0475. The lowest BCUT2D eigenvalue weighted by Crippen LogP contribution is -2.64. The number of esters is 2. The molecule has 0 amide bonds. The van der Waals surface area contributed by atoms with Gasteiger partial charge in [0.2, 0.25) is 0 Å². The maximum absolute atomic E-state index is 12.9. The third kappa shape index (κ3) is 28.3. The smallest absolute Gasteiger partial charge is 0.462 e. The Hall–Kier alpha value is -1.04. The van der Waals surface area contributed by atoms with Gasteiger partial charge in [-0.15, -0.1) is 0 Å². The molecule has 0 bridgehead atoms. The second-order valence-corrected chi connectivity index (χ2v) is 18.5. The second-order valence-electron chi connectivity index (χ2n) is 15.9. The summed E-state index contributed by atoms with van der Waals surface area (Å²) in [6.07, 6.45) is 13.0. The number of rotatable bonds is 38. The van der Waals surface area contributed by atoms with Gasteiger partial charge in [0.15, 0.2) is 6.10 Å². The molecule has 0 heterocycles. The summed E-state index contributed by atoms with van der Waals surface area (Å²) in [5.74, 6) is -1.21. The van der Waals surface area contributed by atoms with Crippen LogP contribution in [0.1, 0.15) is 180 Å². The van der Waals surface area contributed by atoms with Crippen LogP contribution < -0.4 is 5.73 Å². The Balaban J connectivity index is 2.61. The van der Waals surface area contributed by atoms with Gasteiger partial charge < -0.3 is 50.3 Å². The predicted octanol–water partition coefficient (Wildman–Crippen LogP) is 6.39. The van der Waals surface area contributed by atoms with Crippen molar-refractivity contribution in [3.05, 3.63) is 0 Å². The van der Waals surface area contributed by atoms with Gasteiger partial charge in [-0.1, -0.05) is 148 Å². The van der Waals surface area contributed by atoms with Gasteiger partial charge in [0, 0.05) is 12.8 Å².